The quantitative estimate of drug-likeness (QED) is 0.543. The van der Waals surface area contributed by atoms with Gasteiger partial charge < -0.3 is 10.1 Å². The molecule has 1 saturated heterocycles. The van der Waals surface area contributed by atoms with E-state index in [1.54, 1.807) is 6.08 Å². The number of rotatable bonds is 2. The molecule has 1 aliphatic rings. The number of ether oxygens (including phenoxy) is 1. The summed E-state index contributed by atoms with van der Waals surface area (Å²) in [5.41, 5.74) is -0.431. The molecule has 0 bridgehead atoms. The molecular formula is C9H16ClNO2. The van der Waals surface area contributed by atoms with Gasteiger partial charge in [0.05, 0.1) is 12.5 Å². The van der Waals surface area contributed by atoms with Gasteiger partial charge in [-0.15, -0.1) is 19.0 Å². The summed E-state index contributed by atoms with van der Waals surface area (Å²) in [6.45, 7) is 5.42. The van der Waals surface area contributed by atoms with Crippen molar-refractivity contribution in [3.63, 3.8) is 0 Å². The zero-order valence-corrected chi connectivity index (χ0v) is 8.65. The molecule has 1 fully saturated rings. The van der Waals surface area contributed by atoms with Gasteiger partial charge in [-0.2, -0.15) is 0 Å². The van der Waals surface area contributed by atoms with Gasteiger partial charge in [0.1, 0.15) is 0 Å². The fourth-order valence-electron chi connectivity index (χ4n) is 1.57. The van der Waals surface area contributed by atoms with Gasteiger partial charge >= 0.3 is 5.97 Å². The second-order valence-electron chi connectivity index (χ2n) is 3.10. The number of esters is 1. The standard InChI is InChI=1S/C9H15NO2.ClH/c1-3-9(8(11)12-2)4-6-10-7-5-9;/h3,10H,1,4-7H2,2H3;1H. The van der Waals surface area contributed by atoms with Crippen molar-refractivity contribution in [3.05, 3.63) is 12.7 Å². The predicted octanol–water partition coefficient (Wildman–Crippen LogP) is 1.14. The van der Waals surface area contributed by atoms with Crippen molar-refractivity contribution in [2.24, 2.45) is 5.41 Å². The molecule has 4 heteroatoms. The van der Waals surface area contributed by atoms with Crippen LogP contribution in [0, 0.1) is 5.41 Å². The van der Waals surface area contributed by atoms with Crippen LogP contribution >= 0.6 is 12.4 Å². The summed E-state index contributed by atoms with van der Waals surface area (Å²) in [6, 6.07) is 0. The maximum absolute atomic E-state index is 11.4. The third kappa shape index (κ3) is 2.45. The molecule has 1 rings (SSSR count). The minimum absolute atomic E-state index is 0. The summed E-state index contributed by atoms with van der Waals surface area (Å²) in [6.07, 6.45) is 3.31. The zero-order valence-electron chi connectivity index (χ0n) is 7.84. The van der Waals surface area contributed by atoms with Gasteiger partial charge in [-0.05, 0) is 25.9 Å². The topological polar surface area (TPSA) is 38.3 Å². The first-order valence-electron chi connectivity index (χ1n) is 4.18. The Kier molecular flexibility index (Phi) is 5.03. The van der Waals surface area contributed by atoms with Crippen LogP contribution in [0.2, 0.25) is 0 Å². The van der Waals surface area contributed by atoms with E-state index in [0.29, 0.717) is 0 Å². The van der Waals surface area contributed by atoms with Crippen molar-refractivity contribution in [2.75, 3.05) is 20.2 Å². The van der Waals surface area contributed by atoms with Crippen LogP contribution < -0.4 is 5.32 Å². The van der Waals surface area contributed by atoms with Gasteiger partial charge in [0, 0.05) is 0 Å². The number of hydrogen-bond acceptors (Lipinski definition) is 3. The van der Waals surface area contributed by atoms with E-state index in [-0.39, 0.29) is 18.4 Å². The van der Waals surface area contributed by atoms with Crippen LogP contribution in [0.3, 0.4) is 0 Å². The molecule has 0 aromatic rings. The van der Waals surface area contributed by atoms with Crippen LogP contribution in [0.15, 0.2) is 12.7 Å². The van der Waals surface area contributed by atoms with Crippen LogP contribution in [0.25, 0.3) is 0 Å². The molecule has 0 aliphatic carbocycles. The normalized spacial score (nSPS) is 19.8. The van der Waals surface area contributed by atoms with E-state index in [4.69, 9.17) is 4.74 Å². The van der Waals surface area contributed by atoms with E-state index in [0.717, 1.165) is 25.9 Å². The molecule has 0 aromatic heterocycles. The number of hydrogen-bond donors (Lipinski definition) is 1. The van der Waals surface area contributed by atoms with Crippen molar-refractivity contribution >= 4 is 18.4 Å². The summed E-state index contributed by atoms with van der Waals surface area (Å²) in [7, 11) is 1.43. The second-order valence-corrected chi connectivity index (χ2v) is 3.10. The maximum atomic E-state index is 11.4. The first-order valence-corrected chi connectivity index (χ1v) is 4.18. The van der Waals surface area contributed by atoms with Crippen molar-refractivity contribution < 1.29 is 9.53 Å². The molecule has 13 heavy (non-hydrogen) atoms. The highest BCUT2D eigenvalue weighted by atomic mass is 35.5. The monoisotopic (exact) mass is 205 g/mol. The smallest absolute Gasteiger partial charge is 0.315 e. The molecule has 0 spiro atoms. The third-order valence-electron chi connectivity index (χ3n) is 2.48. The first kappa shape index (κ1) is 12.5. The van der Waals surface area contributed by atoms with Gasteiger partial charge in [-0.25, -0.2) is 0 Å². The number of nitrogens with one attached hydrogen (secondary N) is 1. The average Bonchev–Trinajstić information content (AvgIpc) is 2.17. The van der Waals surface area contributed by atoms with Crippen molar-refractivity contribution in [3.8, 4) is 0 Å². The molecule has 0 saturated carbocycles. The lowest BCUT2D eigenvalue weighted by atomic mass is 9.79. The number of carbonyl (C=O) groups is 1. The highest BCUT2D eigenvalue weighted by Crippen LogP contribution is 2.31. The van der Waals surface area contributed by atoms with E-state index < -0.39 is 5.41 Å². The molecule has 0 radical (unpaired) electrons. The first-order chi connectivity index (χ1) is 5.75. The van der Waals surface area contributed by atoms with Crippen molar-refractivity contribution in [2.45, 2.75) is 12.8 Å². The summed E-state index contributed by atoms with van der Waals surface area (Å²) in [5, 5.41) is 3.20. The van der Waals surface area contributed by atoms with E-state index >= 15 is 0 Å². The second kappa shape index (κ2) is 5.25. The lowest BCUT2D eigenvalue weighted by Gasteiger charge is -2.31. The largest absolute Gasteiger partial charge is 0.468 e. The number of carbonyl (C=O) groups excluding carboxylic acids is 1. The van der Waals surface area contributed by atoms with E-state index in [9.17, 15) is 4.79 Å². The Morgan fingerprint density at radius 3 is 2.46 bits per heavy atom. The Balaban J connectivity index is 0.00000144. The number of methoxy groups -OCH3 is 1. The average molecular weight is 206 g/mol. The Bertz CT molecular complexity index is 188. The van der Waals surface area contributed by atoms with Crippen LogP contribution in [-0.4, -0.2) is 26.2 Å². The van der Waals surface area contributed by atoms with Crippen LogP contribution in [0.1, 0.15) is 12.8 Å². The predicted molar refractivity (Wildman–Crippen MR) is 54.0 cm³/mol. The van der Waals surface area contributed by atoms with E-state index in [1.165, 1.54) is 7.11 Å². The molecule has 1 heterocycles. The fourth-order valence-corrected chi connectivity index (χ4v) is 1.57. The minimum Gasteiger partial charge on any atom is -0.468 e. The fraction of sp³-hybridized carbons (Fsp3) is 0.667. The Morgan fingerprint density at radius 2 is 2.08 bits per heavy atom. The summed E-state index contributed by atoms with van der Waals surface area (Å²) in [5.74, 6) is -0.154. The number of halogens is 1. The molecule has 1 aliphatic heterocycles. The summed E-state index contributed by atoms with van der Waals surface area (Å²) >= 11 is 0. The van der Waals surface area contributed by atoms with E-state index in [1.807, 2.05) is 0 Å². The van der Waals surface area contributed by atoms with Crippen LogP contribution in [0.4, 0.5) is 0 Å². The van der Waals surface area contributed by atoms with Crippen LogP contribution in [-0.2, 0) is 9.53 Å². The Hall–Kier alpha value is -0.540. The molecular weight excluding hydrogens is 190 g/mol. The molecule has 3 nitrogen and oxygen atoms in total. The number of piperidine rings is 1. The molecule has 76 valence electrons. The van der Waals surface area contributed by atoms with Gasteiger partial charge in [0.15, 0.2) is 0 Å². The Labute approximate surface area is 84.9 Å². The van der Waals surface area contributed by atoms with Crippen molar-refractivity contribution in [1.29, 1.82) is 0 Å². The molecule has 0 atom stereocenters. The van der Waals surface area contributed by atoms with Gasteiger partial charge in [0.2, 0.25) is 0 Å². The molecule has 1 N–H and O–H groups in total. The SMILES string of the molecule is C=CC1(C(=O)OC)CCNCC1.Cl. The van der Waals surface area contributed by atoms with Gasteiger partial charge in [-0.3, -0.25) is 4.79 Å². The highest BCUT2D eigenvalue weighted by Gasteiger charge is 2.37. The molecule has 0 amide bonds. The van der Waals surface area contributed by atoms with E-state index in [2.05, 4.69) is 11.9 Å². The lowest BCUT2D eigenvalue weighted by Crippen LogP contribution is -2.41. The lowest BCUT2D eigenvalue weighted by molar-refractivity contribution is -0.151. The molecule has 0 aromatic carbocycles. The molecule has 0 unspecified atom stereocenters. The van der Waals surface area contributed by atoms with Gasteiger partial charge in [0.25, 0.3) is 0 Å². The summed E-state index contributed by atoms with van der Waals surface area (Å²) < 4.78 is 4.75. The Morgan fingerprint density at radius 1 is 1.54 bits per heavy atom. The third-order valence-corrected chi connectivity index (χ3v) is 2.48. The van der Waals surface area contributed by atoms with Crippen LogP contribution in [0.5, 0.6) is 0 Å². The maximum Gasteiger partial charge on any atom is 0.315 e. The van der Waals surface area contributed by atoms with Crippen molar-refractivity contribution in [1.82, 2.24) is 5.32 Å². The van der Waals surface area contributed by atoms with Gasteiger partial charge in [-0.1, -0.05) is 6.08 Å². The summed E-state index contributed by atoms with van der Waals surface area (Å²) in [4.78, 5) is 11.4. The zero-order chi connectivity index (χ0) is 9.03. The minimum atomic E-state index is -0.431. The highest BCUT2D eigenvalue weighted by molar-refractivity contribution is 5.85.